The van der Waals surface area contributed by atoms with Gasteiger partial charge in [0, 0.05) is 10.4 Å². The van der Waals surface area contributed by atoms with Gasteiger partial charge in [-0.1, -0.05) is 52.3 Å². The number of methoxy groups -OCH3 is 1. The largest absolute Gasteiger partial charge is 0.496 e. The van der Waals surface area contributed by atoms with Gasteiger partial charge in [0.05, 0.1) is 12.7 Å². The van der Waals surface area contributed by atoms with Crippen LogP contribution in [0.4, 0.5) is 0 Å². The predicted octanol–water partition coefficient (Wildman–Crippen LogP) is 3.85. The number of fused-ring (bicyclic) bond motifs is 3. The predicted molar refractivity (Wildman–Crippen MR) is 86.1 cm³/mol. The molecule has 2 aromatic carbocycles. The molecule has 0 N–H and O–H groups in total. The minimum Gasteiger partial charge on any atom is -0.496 e. The summed E-state index contributed by atoms with van der Waals surface area (Å²) >= 11 is 3.62. The molecule has 0 amide bonds. The van der Waals surface area contributed by atoms with Crippen LogP contribution in [-0.2, 0) is 5.41 Å². The molecule has 0 saturated heterocycles. The van der Waals surface area contributed by atoms with Gasteiger partial charge in [-0.2, -0.15) is 0 Å². The molecule has 110 valence electrons. The van der Waals surface area contributed by atoms with Gasteiger partial charge in [-0.15, -0.1) is 0 Å². The average molecular weight is 357 g/mol. The second kappa shape index (κ2) is 4.53. The highest BCUT2D eigenvalue weighted by atomic mass is 79.9. The molecule has 4 rings (SSSR count). The first kappa shape index (κ1) is 13.7. The van der Waals surface area contributed by atoms with Crippen LogP contribution in [-0.4, -0.2) is 18.7 Å². The third kappa shape index (κ3) is 1.46. The molecule has 4 heteroatoms. The summed E-state index contributed by atoms with van der Waals surface area (Å²) in [4.78, 5) is 26.3. The molecule has 1 spiro atoms. The van der Waals surface area contributed by atoms with E-state index in [-0.39, 0.29) is 16.4 Å². The quantitative estimate of drug-likeness (QED) is 0.575. The van der Waals surface area contributed by atoms with Crippen molar-refractivity contribution in [1.82, 2.24) is 0 Å². The highest BCUT2D eigenvalue weighted by Gasteiger charge is 2.59. The number of hydrogen-bond donors (Lipinski definition) is 0. The maximum atomic E-state index is 13.2. The molecule has 2 aromatic rings. The molecule has 0 radical (unpaired) electrons. The molecule has 2 atom stereocenters. The summed E-state index contributed by atoms with van der Waals surface area (Å²) in [6.07, 6.45) is 0.460. The van der Waals surface area contributed by atoms with E-state index in [0.29, 0.717) is 23.3 Å². The molecule has 0 heterocycles. The summed E-state index contributed by atoms with van der Waals surface area (Å²) in [7, 11) is 1.52. The Balaban J connectivity index is 2.01. The molecule has 0 fully saturated rings. The topological polar surface area (TPSA) is 43.4 Å². The lowest BCUT2D eigenvalue weighted by molar-refractivity contribution is 0.0793. The Kier molecular flexibility index (Phi) is 2.82. The van der Waals surface area contributed by atoms with Crippen LogP contribution in [0.3, 0.4) is 0 Å². The van der Waals surface area contributed by atoms with Gasteiger partial charge < -0.3 is 4.74 Å². The minimum atomic E-state index is -1.10. The van der Waals surface area contributed by atoms with Crippen LogP contribution in [0, 0.1) is 0 Å². The Morgan fingerprint density at radius 1 is 1.09 bits per heavy atom. The molecule has 0 aliphatic heterocycles. The fourth-order valence-electron chi connectivity index (χ4n) is 3.75. The Labute approximate surface area is 136 Å². The van der Waals surface area contributed by atoms with Crippen LogP contribution in [0.5, 0.6) is 5.75 Å². The molecule has 2 aliphatic rings. The van der Waals surface area contributed by atoms with E-state index < -0.39 is 5.41 Å². The summed E-state index contributed by atoms with van der Waals surface area (Å²) < 4.78 is 5.31. The molecule has 0 unspecified atom stereocenters. The number of halogens is 1. The number of Topliss-reactive ketones (excluding diaryl/α,β-unsaturated/α-hetero) is 2. The third-order valence-corrected chi connectivity index (χ3v) is 5.55. The summed E-state index contributed by atoms with van der Waals surface area (Å²) in [6.45, 7) is 0. The molecule has 3 nitrogen and oxygen atoms in total. The van der Waals surface area contributed by atoms with Gasteiger partial charge in [0.2, 0.25) is 0 Å². The van der Waals surface area contributed by atoms with Crippen molar-refractivity contribution in [2.75, 3.05) is 7.11 Å². The highest BCUT2D eigenvalue weighted by Crippen LogP contribution is 2.55. The van der Waals surface area contributed by atoms with Gasteiger partial charge in [0.15, 0.2) is 11.6 Å². The number of carbonyl (C=O) groups excluding carboxylic acids is 2. The zero-order valence-corrected chi connectivity index (χ0v) is 13.5. The smallest absolute Gasteiger partial charge is 0.185 e. The fraction of sp³-hybridized carbons (Fsp3) is 0.222. The summed E-state index contributed by atoms with van der Waals surface area (Å²) in [6, 6.07) is 12.9. The van der Waals surface area contributed by atoms with E-state index in [4.69, 9.17) is 4.74 Å². The van der Waals surface area contributed by atoms with Crippen LogP contribution >= 0.6 is 15.9 Å². The van der Waals surface area contributed by atoms with Crippen molar-refractivity contribution in [2.45, 2.75) is 16.7 Å². The highest BCUT2D eigenvalue weighted by molar-refractivity contribution is 9.09. The maximum Gasteiger partial charge on any atom is 0.185 e. The van der Waals surface area contributed by atoms with E-state index in [1.807, 2.05) is 24.3 Å². The molecule has 0 aromatic heterocycles. The van der Waals surface area contributed by atoms with Gasteiger partial charge in [0.25, 0.3) is 0 Å². The normalized spacial score (nSPS) is 25.5. The maximum absolute atomic E-state index is 13.2. The number of benzene rings is 2. The molecular formula is C18H13BrO3. The molecular weight excluding hydrogens is 344 g/mol. The number of ketones is 2. The first-order chi connectivity index (χ1) is 10.6. The van der Waals surface area contributed by atoms with E-state index in [2.05, 4.69) is 15.9 Å². The van der Waals surface area contributed by atoms with Crippen LogP contribution in [0.2, 0.25) is 0 Å². The minimum absolute atomic E-state index is 0.0110. The van der Waals surface area contributed by atoms with Gasteiger partial charge in [-0.05, 0) is 23.6 Å². The summed E-state index contributed by atoms with van der Waals surface area (Å²) in [5.74, 6) is 0.225. The van der Waals surface area contributed by atoms with Crippen molar-refractivity contribution in [2.24, 2.45) is 0 Å². The van der Waals surface area contributed by atoms with Crippen LogP contribution in [0.1, 0.15) is 43.1 Å². The second-order valence-electron chi connectivity index (χ2n) is 5.71. The van der Waals surface area contributed by atoms with Crippen LogP contribution in [0.15, 0.2) is 42.5 Å². The van der Waals surface area contributed by atoms with Gasteiger partial charge in [-0.25, -0.2) is 0 Å². The standard InChI is InChI=1S/C18H13BrO3/c1-22-14-8-4-6-11-15(14)17(21)18(16(11)20)9-13(19)10-5-2-3-7-12(10)18/h2-8,13H,9H2,1H3/t13-,18-/m0/s1. The average Bonchev–Trinajstić information content (AvgIpc) is 2.97. The third-order valence-electron chi connectivity index (χ3n) is 4.74. The Morgan fingerprint density at radius 3 is 2.64 bits per heavy atom. The van der Waals surface area contributed by atoms with Gasteiger partial charge in [-0.3, -0.25) is 9.59 Å². The molecule has 2 aliphatic carbocycles. The van der Waals surface area contributed by atoms with Crippen molar-refractivity contribution in [3.05, 3.63) is 64.7 Å². The number of carbonyl (C=O) groups is 2. The Bertz CT molecular complexity index is 827. The Hall–Kier alpha value is -1.94. The van der Waals surface area contributed by atoms with Gasteiger partial charge in [0.1, 0.15) is 11.2 Å². The lowest BCUT2D eigenvalue weighted by atomic mass is 9.77. The first-order valence-electron chi connectivity index (χ1n) is 7.11. The monoisotopic (exact) mass is 356 g/mol. The Morgan fingerprint density at radius 2 is 1.86 bits per heavy atom. The van der Waals surface area contributed by atoms with E-state index >= 15 is 0 Å². The lowest BCUT2D eigenvalue weighted by Gasteiger charge is -2.21. The number of rotatable bonds is 1. The molecule has 0 bridgehead atoms. The zero-order chi connectivity index (χ0) is 15.5. The summed E-state index contributed by atoms with van der Waals surface area (Å²) in [5, 5.41) is 0. The SMILES string of the molecule is COc1cccc2c1C(=O)[C@]1(C[C@H](Br)c3ccccc31)C2=O. The number of ether oxygens (including phenoxy) is 1. The van der Waals surface area contributed by atoms with Crippen molar-refractivity contribution in [3.8, 4) is 5.75 Å². The lowest BCUT2D eigenvalue weighted by Crippen LogP contribution is -2.36. The molecule has 22 heavy (non-hydrogen) atoms. The second-order valence-corrected chi connectivity index (χ2v) is 6.81. The number of hydrogen-bond acceptors (Lipinski definition) is 3. The number of alkyl halides is 1. The van der Waals surface area contributed by atoms with Crippen molar-refractivity contribution < 1.29 is 14.3 Å². The van der Waals surface area contributed by atoms with Crippen molar-refractivity contribution in [3.63, 3.8) is 0 Å². The van der Waals surface area contributed by atoms with Crippen LogP contribution < -0.4 is 4.74 Å². The van der Waals surface area contributed by atoms with Crippen LogP contribution in [0.25, 0.3) is 0 Å². The van der Waals surface area contributed by atoms with Gasteiger partial charge >= 0.3 is 0 Å². The van der Waals surface area contributed by atoms with Crippen molar-refractivity contribution in [1.29, 1.82) is 0 Å². The van der Waals surface area contributed by atoms with Crippen molar-refractivity contribution >= 4 is 27.5 Å². The molecule has 0 saturated carbocycles. The van der Waals surface area contributed by atoms with E-state index in [0.717, 1.165) is 11.1 Å². The first-order valence-corrected chi connectivity index (χ1v) is 8.03. The summed E-state index contributed by atoms with van der Waals surface area (Å²) in [5.41, 5.74) is 1.65. The fourth-order valence-corrected chi connectivity index (χ4v) is 4.63. The zero-order valence-electron chi connectivity index (χ0n) is 11.9. The van der Waals surface area contributed by atoms with E-state index in [1.54, 1.807) is 18.2 Å². The van der Waals surface area contributed by atoms with E-state index in [9.17, 15) is 9.59 Å². The van der Waals surface area contributed by atoms with E-state index in [1.165, 1.54) is 7.11 Å².